The maximum absolute atomic E-state index is 13.2. The monoisotopic (exact) mass is 389 g/mol. The lowest BCUT2D eigenvalue weighted by Gasteiger charge is -2.10. The molecular formula is C13H10F2IN3O. The molecule has 2 N–H and O–H groups in total. The van der Waals surface area contributed by atoms with Crippen LogP contribution in [-0.4, -0.2) is 17.9 Å². The molecule has 0 radical (unpaired) electrons. The Bertz CT molecular complexity index is 664. The number of aromatic nitrogens is 1. The topological polar surface area (TPSA) is 54.0 Å². The molecule has 0 aliphatic carbocycles. The predicted molar refractivity (Wildman–Crippen MR) is 80.8 cm³/mol. The third-order valence-corrected chi connectivity index (χ3v) is 3.41. The van der Waals surface area contributed by atoms with Gasteiger partial charge in [-0.3, -0.25) is 4.79 Å². The summed E-state index contributed by atoms with van der Waals surface area (Å²) < 4.78 is 26.7. The molecule has 1 heterocycles. The fourth-order valence-corrected chi connectivity index (χ4v) is 2.20. The van der Waals surface area contributed by atoms with E-state index in [0.29, 0.717) is 9.26 Å². The molecule has 0 atom stereocenters. The first-order chi connectivity index (χ1) is 9.51. The third kappa shape index (κ3) is 3.21. The smallest absolute Gasteiger partial charge is 0.259 e. The Labute approximate surface area is 127 Å². The average molecular weight is 389 g/mol. The van der Waals surface area contributed by atoms with Crippen molar-refractivity contribution < 1.29 is 13.6 Å². The van der Waals surface area contributed by atoms with Gasteiger partial charge in [-0.1, -0.05) is 0 Å². The van der Waals surface area contributed by atoms with Gasteiger partial charge in [-0.05, 0) is 46.9 Å². The molecule has 0 aliphatic rings. The van der Waals surface area contributed by atoms with Gasteiger partial charge in [0.1, 0.15) is 17.5 Å². The lowest BCUT2D eigenvalue weighted by Crippen LogP contribution is -2.16. The summed E-state index contributed by atoms with van der Waals surface area (Å²) in [5.74, 6) is -1.26. The number of amides is 1. The van der Waals surface area contributed by atoms with E-state index in [4.69, 9.17) is 0 Å². The second kappa shape index (κ2) is 6.12. The summed E-state index contributed by atoms with van der Waals surface area (Å²) in [4.78, 5) is 15.9. The number of carbonyl (C=O) groups is 1. The molecule has 0 unspecified atom stereocenters. The Kier molecular flexibility index (Phi) is 4.48. The molecule has 2 rings (SSSR count). The summed E-state index contributed by atoms with van der Waals surface area (Å²) in [5.41, 5.74) is 0.524. The summed E-state index contributed by atoms with van der Waals surface area (Å²) >= 11 is 1.90. The molecule has 1 aromatic heterocycles. The Morgan fingerprint density at radius 2 is 2.00 bits per heavy atom. The van der Waals surface area contributed by atoms with Gasteiger partial charge in [0, 0.05) is 10.6 Å². The van der Waals surface area contributed by atoms with Crippen molar-refractivity contribution in [3.05, 3.63) is 51.2 Å². The lowest BCUT2D eigenvalue weighted by molar-refractivity contribution is 0.102. The van der Waals surface area contributed by atoms with E-state index in [1.807, 2.05) is 22.6 Å². The summed E-state index contributed by atoms with van der Waals surface area (Å²) in [6, 6.07) is 5.06. The number of carbonyl (C=O) groups excluding carboxylic acids is 1. The number of nitrogens with one attached hydrogen (secondary N) is 2. The zero-order valence-electron chi connectivity index (χ0n) is 10.4. The molecule has 0 saturated carbocycles. The lowest BCUT2D eigenvalue weighted by atomic mass is 10.2. The van der Waals surface area contributed by atoms with Crippen LogP contribution >= 0.6 is 22.6 Å². The Morgan fingerprint density at radius 3 is 2.65 bits per heavy atom. The van der Waals surface area contributed by atoms with Crippen LogP contribution < -0.4 is 10.6 Å². The number of rotatable bonds is 3. The van der Waals surface area contributed by atoms with Gasteiger partial charge in [0.2, 0.25) is 0 Å². The molecular weight excluding hydrogens is 379 g/mol. The summed E-state index contributed by atoms with van der Waals surface area (Å²) in [6.07, 6.45) is 1.02. The van der Waals surface area contributed by atoms with Crippen LogP contribution in [0.4, 0.5) is 20.3 Å². The maximum atomic E-state index is 13.2. The number of nitrogens with zero attached hydrogens (tertiary/aromatic N) is 1. The van der Waals surface area contributed by atoms with Crippen molar-refractivity contribution in [1.82, 2.24) is 4.98 Å². The minimum Gasteiger partial charge on any atom is -0.372 e. The highest BCUT2D eigenvalue weighted by atomic mass is 127. The van der Waals surface area contributed by atoms with E-state index in [1.54, 1.807) is 7.05 Å². The molecule has 104 valence electrons. The molecule has 2 aromatic rings. The standard InChI is InChI=1S/C13H10F2IN3O/c1-17-12-9(4-8(15)6-18-12)13(20)19-11-3-2-7(14)5-10(11)16/h2-6H,1H3,(H,17,18)(H,19,20). The molecule has 0 aliphatic heterocycles. The predicted octanol–water partition coefficient (Wildman–Crippen LogP) is 3.26. The van der Waals surface area contributed by atoms with Gasteiger partial charge >= 0.3 is 0 Å². The van der Waals surface area contributed by atoms with E-state index >= 15 is 0 Å². The van der Waals surface area contributed by atoms with Crippen LogP contribution in [0.5, 0.6) is 0 Å². The number of anilines is 2. The van der Waals surface area contributed by atoms with E-state index in [1.165, 1.54) is 18.2 Å². The number of hydrogen-bond acceptors (Lipinski definition) is 3. The molecule has 1 amide bonds. The first kappa shape index (κ1) is 14.6. The Hall–Kier alpha value is -1.77. The number of pyridine rings is 1. The number of benzene rings is 1. The minimum absolute atomic E-state index is 0.0765. The Balaban J connectivity index is 2.30. The van der Waals surface area contributed by atoms with Crippen LogP contribution in [0.3, 0.4) is 0 Å². The summed E-state index contributed by atoms with van der Waals surface area (Å²) in [6.45, 7) is 0. The van der Waals surface area contributed by atoms with Crippen molar-refractivity contribution in [2.45, 2.75) is 0 Å². The molecule has 0 spiro atoms. The van der Waals surface area contributed by atoms with Gasteiger partial charge in [0.05, 0.1) is 17.4 Å². The van der Waals surface area contributed by atoms with Crippen molar-refractivity contribution in [2.24, 2.45) is 0 Å². The highest BCUT2D eigenvalue weighted by Crippen LogP contribution is 2.21. The Morgan fingerprint density at radius 1 is 1.25 bits per heavy atom. The molecule has 0 saturated heterocycles. The summed E-state index contributed by atoms with van der Waals surface area (Å²) in [5, 5.41) is 5.31. The zero-order chi connectivity index (χ0) is 14.7. The highest BCUT2D eigenvalue weighted by molar-refractivity contribution is 14.1. The maximum Gasteiger partial charge on any atom is 0.259 e. The first-order valence-corrected chi connectivity index (χ1v) is 6.69. The third-order valence-electron chi connectivity index (χ3n) is 2.52. The largest absolute Gasteiger partial charge is 0.372 e. The van der Waals surface area contributed by atoms with Crippen LogP contribution in [0.1, 0.15) is 10.4 Å². The van der Waals surface area contributed by atoms with Crippen molar-refractivity contribution >= 4 is 40.0 Å². The molecule has 20 heavy (non-hydrogen) atoms. The minimum atomic E-state index is -0.608. The van der Waals surface area contributed by atoms with Gasteiger partial charge in [0.15, 0.2) is 0 Å². The fraction of sp³-hybridized carbons (Fsp3) is 0.0769. The van der Waals surface area contributed by atoms with E-state index in [9.17, 15) is 13.6 Å². The van der Waals surface area contributed by atoms with Crippen molar-refractivity contribution in [3.8, 4) is 0 Å². The summed E-state index contributed by atoms with van der Waals surface area (Å²) in [7, 11) is 1.58. The second-order valence-electron chi connectivity index (χ2n) is 3.88. The van der Waals surface area contributed by atoms with Gasteiger partial charge in [-0.15, -0.1) is 0 Å². The van der Waals surface area contributed by atoms with Gasteiger partial charge in [0.25, 0.3) is 5.91 Å². The SMILES string of the molecule is CNc1ncc(F)cc1C(=O)Nc1ccc(F)cc1I. The fourth-order valence-electron chi connectivity index (χ4n) is 1.59. The van der Waals surface area contributed by atoms with Crippen molar-refractivity contribution in [2.75, 3.05) is 17.7 Å². The molecule has 0 fully saturated rings. The zero-order valence-corrected chi connectivity index (χ0v) is 12.5. The van der Waals surface area contributed by atoms with Crippen molar-refractivity contribution in [1.29, 1.82) is 0 Å². The molecule has 0 bridgehead atoms. The van der Waals surface area contributed by atoms with Gasteiger partial charge in [-0.2, -0.15) is 0 Å². The van der Waals surface area contributed by atoms with E-state index in [-0.39, 0.29) is 11.4 Å². The highest BCUT2D eigenvalue weighted by Gasteiger charge is 2.14. The quantitative estimate of drug-likeness (QED) is 0.793. The van der Waals surface area contributed by atoms with Crippen LogP contribution in [-0.2, 0) is 0 Å². The van der Waals surface area contributed by atoms with E-state index in [2.05, 4.69) is 15.6 Å². The first-order valence-electron chi connectivity index (χ1n) is 5.61. The van der Waals surface area contributed by atoms with E-state index in [0.717, 1.165) is 12.3 Å². The van der Waals surface area contributed by atoms with E-state index < -0.39 is 17.5 Å². The number of halogens is 3. The van der Waals surface area contributed by atoms with Crippen LogP contribution in [0, 0.1) is 15.2 Å². The van der Waals surface area contributed by atoms with Crippen molar-refractivity contribution in [3.63, 3.8) is 0 Å². The van der Waals surface area contributed by atoms with Crippen LogP contribution in [0.15, 0.2) is 30.5 Å². The average Bonchev–Trinajstić information content (AvgIpc) is 2.41. The second-order valence-corrected chi connectivity index (χ2v) is 5.04. The molecule has 7 heteroatoms. The normalized spacial score (nSPS) is 10.2. The van der Waals surface area contributed by atoms with Crippen LogP contribution in [0.2, 0.25) is 0 Å². The van der Waals surface area contributed by atoms with Crippen LogP contribution in [0.25, 0.3) is 0 Å². The van der Waals surface area contributed by atoms with Gasteiger partial charge < -0.3 is 10.6 Å². The van der Waals surface area contributed by atoms with Gasteiger partial charge in [-0.25, -0.2) is 13.8 Å². The number of hydrogen-bond donors (Lipinski definition) is 2. The molecule has 4 nitrogen and oxygen atoms in total. The molecule has 1 aromatic carbocycles.